The smallest absolute Gasteiger partial charge is 0.341 e. The molecule has 0 amide bonds. The highest BCUT2D eigenvalue weighted by molar-refractivity contribution is 7.17. The third kappa shape index (κ3) is 2.91. The zero-order valence-electron chi connectivity index (χ0n) is 14.7. The molecule has 0 saturated heterocycles. The van der Waals surface area contributed by atoms with Crippen molar-refractivity contribution in [1.82, 2.24) is 14.3 Å². The lowest BCUT2D eigenvalue weighted by Gasteiger charge is -2.10. The molecular weight excluding hydrogens is 382 g/mol. The number of ether oxygens (including phenoxy) is 1. The Morgan fingerprint density at radius 1 is 1.32 bits per heavy atom. The highest BCUT2D eigenvalue weighted by Gasteiger charge is 2.22. The van der Waals surface area contributed by atoms with Crippen LogP contribution in [0.15, 0.2) is 52.9 Å². The molecule has 0 unspecified atom stereocenters. The molecule has 142 valence electrons. The van der Waals surface area contributed by atoms with Gasteiger partial charge in [-0.05, 0) is 23.6 Å². The highest BCUT2D eigenvalue weighted by atomic mass is 32.1. The molecule has 8 nitrogen and oxygen atoms in total. The number of aromatic carboxylic acids is 1. The van der Waals surface area contributed by atoms with Crippen molar-refractivity contribution in [3.8, 4) is 17.2 Å². The molecule has 0 radical (unpaired) electrons. The van der Waals surface area contributed by atoms with E-state index in [0.717, 1.165) is 22.6 Å². The number of methoxy groups -OCH3 is 1. The number of benzene rings is 1. The molecule has 1 aromatic carbocycles. The minimum absolute atomic E-state index is 0.142. The molecule has 0 aliphatic rings. The number of carboxylic acid groups (broad SMARTS) is 1. The minimum atomic E-state index is -1.33. The lowest BCUT2D eigenvalue weighted by atomic mass is 10.2. The first-order valence-electron chi connectivity index (χ1n) is 8.24. The fourth-order valence-corrected chi connectivity index (χ4v) is 3.96. The van der Waals surface area contributed by atoms with E-state index in [-0.39, 0.29) is 12.1 Å². The highest BCUT2D eigenvalue weighted by Crippen LogP contribution is 2.29. The van der Waals surface area contributed by atoms with Crippen molar-refractivity contribution >= 4 is 27.5 Å². The molecule has 0 aliphatic heterocycles. The molecule has 0 saturated carbocycles. The van der Waals surface area contributed by atoms with Gasteiger partial charge < -0.3 is 14.9 Å². The van der Waals surface area contributed by atoms with Gasteiger partial charge in [-0.15, -0.1) is 11.3 Å². The van der Waals surface area contributed by atoms with Crippen LogP contribution in [0.2, 0.25) is 0 Å². The monoisotopic (exact) mass is 397 g/mol. The number of rotatable bonds is 5. The van der Waals surface area contributed by atoms with Gasteiger partial charge >= 0.3 is 5.97 Å². The van der Waals surface area contributed by atoms with Gasteiger partial charge in [-0.1, -0.05) is 6.07 Å². The van der Waals surface area contributed by atoms with Crippen LogP contribution in [0, 0.1) is 0 Å². The fraction of sp³-hybridized carbons (Fsp3) is 0.105. The molecule has 0 atom stereocenters. The van der Waals surface area contributed by atoms with Crippen molar-refractivity contribution in [3.63, 3.8) is 0 Å². The molecule has 2 N–H and O–H groups in total. The summed E-state index contributed by atoms with van der Waals surface area (Å²) in [7, 11) is 1.58. The number of fused-ring (bicyclic) bond motifs is 1. The van der Waals surface area contributed by atoms with Crippen LogP contribution in [-0.4, -0.2) is 37.6 Å². The Labute approximate surface area is 162 Å². The van der Waals surface area contributed by atoms with Gasteiger partial charge in [0.2, 0.25) is 0 Å². The SMILES string of the molecule is COc1cccc(-n2cc(Cn3c(=O)c(O)c(C(=O)O)c4sccc43)cn2)c1. The summed E-state index contributed by atoms with van der Waals surface area (Å²) in [5.74, 6) is -1.40. The summed E-state index contributed by atoms with van der Waals surface area (Å²) in [6.45, 7) is 0.142. The first-order valence-corrected chi connectivity index (χ1v) is 9.12. The quantitative estimate of drug-likeness (QED) is 0.536. The average Bonchev–Trinajstić information content (AvgIpc) is 3.35. The van der Waals surface area contributed by atoms with Gasteiger partial charge in [0.1, 0.15) is 11.3 Å². The van der Waals surface area contributed by atoms with Crippen LogP contribution in [0.25, 0.3) is 15.9 Å². The zero-order chi connectivity index (χ0) is 19.8. The fourth-order valence-electron chi connectivity index (χ4n) is 3.03. The maximum absolute atomic E-state index is 12.6. The third-order valence-electron chi connectivity index (χ3n) is 4.36. The second-order valence-corrected chi connectivity index (χ2v) is 6.97. The molecule has 9 heteroatoms. The summed E-state index contributed by atoms with van der Waals surface area (Å²) < 4.78 is 8.57. The van der Waals surface area contributed by atoms with Gasteiger partial charge in [0, 0.05) is 17.8 Å². The van der Waals surface area contributed by atoms with Crippen molar-refractivity contribution in [2.45, 2.75) is 6.54 Å². The van der Waals surface area contributed by atoms with Gasteiger partial charge in [0.15, 0.2) is 5.75 Å². The average molecular weight is 397 g/mol. The molecule has 0 bridgehead atoms. The van der Waals surface area contributed by atoms with Crippen LogP contribution >= 0.6 is 11.3 Å². The van der Waals surface area contributed by atoms with Crippen LogP contribution < -0.4 is 10.3 Å². The van der Waals surface area contributed by atoms with E-state index in [2.05, 4.69) is 5.10 Å². The van der Waals surface area contributed by atoms with Crippen LogP contribution in [0.1, 0.15) is 15.9 Å². The van der Waals surface area contributed by atoms with Crippen LogP contribution in [-0.2, 0) is 6.54 Å². The first kappa shape index (κ1) is 17.8. The van der Waals surface area contributed by atoms with Crippen molar-refractivity contribution in [2.75, 3.05) is 7.11 Å². The summed E-state index contributed by atoms with van der Waals surface area (Å²) in [5.41, 5.74) is 0.859. The standard InChI is InChI=1S/C19H15N3O5S/c1-27-13-4-2-3-12(7-13)22-10-11(8-20-22)9-21-14-5-6-28-17(14)15(19(25)26)16(23)18(21)24/h2-8,10,23H,9H2,1H3,(H,25,26). The number of aromatic hydroxyl groups is 1. The lowest BCUT2D eigenvalue weighted by molar-refractivity contribution is 0.0695. The molecule has 4 aromatic rings. The molecule has 4 rings (SSSR count). The Morgan fingerprint density at radius 3 is 2.89 bits per heavy atom. The van der Waals surface area contributed by atoms with E-state index in [4.69, 9.17) is 4.74 Å². The topological polar surface area (TPSA) is 107 Å². The second-order valence-electron chi connectivity index (χ2n) is 6.05. The summed E-state index contributed by atoms with van der Waals surface area (Å²) in [6, 6.07) is 9.04. The molecule has 0 aliphatic carbocycles. The number of carbonyl (C=O) groups is 1. The molecular formula is C19H15N3O5S. The summed E-state index contributed by atoms with van der Waals surface area (Å²) in [5, 5.41) is 25.5. The van der Waals surface area contributed by atoms with Gasteiger partial charge in [-0.25, -0.2) is 9.48 Å². The maximum Gasteiger partial charge on any atom is 0.341 e. The predicted octanol–water partition coefficient (Wildman–Crippen LogP) is 2.71. The van der Waals surface area contributed by atoms with Crippen LogP contribution in [0.3, 0.4) is 0 Å². The Balaban J connectivity index is 1.76. The van der Waals surface area contributed by atoms with E-state index in [1.54, 1.807) is 35.6 Å². The van der Waals surface area contributed by atoms with Gasteiger partial charge in [-0.2, -0.15) is 5.10 Å². The van der Waals surface area contributed by atoms with E-state index in [0.29, 0.717) is 16.0 Å². The van der Waals surface area contributed by atoms with Crippen molar-refractivity contribution in [1.29, 1.82) is 0 Å². The van der Waals surface area contributed by atoms with Crippen molar-refractivity contribution in [3.05, 3.63) is 69.6 Å². The minimum Gasteiger partial charge on any atom is -0.502 e. The zero-order valence-corrected chi connectivity index (χ0v) is 15.5. The number of carboxylic acids is 1. The Morgan fingerprint density at radius 2 is 2.14 bits per heavy atom. The first-order chi connectivity index (χ1) is 13.5. The van der Waals surface area contributed by atoms with E-state index >= 15 is 0 Å². The third-order valence-corrected chi connectivity index (χ3v) is 5.28. The number of aromatic nitrogens is 3. The summed E-state index contributed by atoms with van der Waals surface area (Å²) in [4.78, 5) is 24.0. The van der Waals surface area contributed by atoms with Crippen molar-refractivity contribution < 1.29 is 19.7 Å². The van der Waals surface area contributed by atoms with Gasteiger partial charge in [0.25, 0.3) is 5.56 Å². The molecule has 28 heavy (non-hydrogen) atoms. The molecule has 0 fully saturated rings. The second kappa shape index (κ2) is 6.86. The number of hydrogen-bond acceptors (Lipinski definition) is 6. The van der Waals surface area contributed by atoms with Gasteiger partial charge in [-0.3, -0.25) is 9.36 Å². The summed E-state index contributed by atoms with van der Waals surface area (Å²) >= 11 is 1.16. The number of nitrogens with zero attached hydrogens (tertiary/aromatic N) is 3. The van der Waals surface area contributed by atoms with E-state index < -0.39 is 17.3 Å². The molecule has 0 spiro atoms. The van der Waals surface area contributed by atoms with Crippen LogP contribution in [0.4, 0.5) is 0 Å². The Hall–Kier alpha value is -3.59. The molecule has 3 heterocycles. The van der Waals surface area contributed by atoms with Crippen LogP contribution in [0.5, 0.6) is 11.5 Å². The number of pyridine rings is 1. The van der Waals surface area contributed by atoms with E-state index in [1.807, 2.05) is 24.3 Å². The molecule has 3 aromatic heterocycles. The van der Waals surface area contributed by atoms with Crippen molar-refractivity contribution in [2.24, 2.45) is 0 Å². The Bertz CT molecular complexity index is 1250. The number of hydrogen-bond donors (Lipinski definition) is 2. The maximum atomic E-state index is 12.6. The predicted molar refractivity (Wildman–Crippen MR) is 104 cm³/mol. The van der Waals surface area contributed by atoms with E-state index in [9.17, 15) is 19.8 Å². The van der Waals surface area contributed by atoms with E-state index in [1.165, 1.54) is 4.57 Å². The summed E-state index contributed by atoms with van der Waals surface area (Å²) in [6.07, 6.45) is 3.38. The number of thiophene rings is 1. The largest absolute Gasteiger partial charge is 0.502 e. The lowest BCUT2D eigenvalue weighted by Crippen LogP contribution is -2.22. The normalized spacial score (nSPS) is 11.0. The van der Waals surface area contributed by atoms with Gasteiger partial charge in [0.05, 0.1) is 35.8 Å². The Kier molecular flexibility index (Phi) is 4.36.